The molecule has 0 spiro atoms. The summed E-state index contributed by atoms with van der Waals surface area (Å²) in [6.07, 6.45) is 3.74. The normalized spacial score (nSPS) is 11.4. The van der Waals surface area contributed by atoms with Crippen LogP contribution in [0.15, 0.2) is 35.4 Å². The monoisotopic (exact) mass is 498 g/mol. The average molecular weight is 499 g/mol. The molecule has 0 aliphatic heterocycles. The number of methoxy groups -OCH3 is 1. The average Bonchev–Trinajstić information content (AvgIpc) is 2.84. The van der Waals surface area contributed by atoms with Crippen molar-refractivity contribution in [3.05, 3.63) is 40.9 Å². The number of hydrogen-bond donors (Lipinski definition) is 2. The number of aromatic nitrogens is 4. The van der Waals surface area contributed by atoms with E-state index in [1.54, 1.807) is 50.9 Å². The number of hydrogen-bond acceptors (Lipinski definition) is 9. The molecule has 0 radical (unpaired) electrons. The SMILES string of the molecule is CCCOCCn1c(=O)c(NCCNC(=O)OC(C)(C)C)nc2ncc(-c3ccc(OC)nc3)cc21. The number of ether oxygens (including phenoxy) is 3. The Balaban J connectivity index is 1.84. The van der Waals surface area contributed by atoms with Crippen molar-refractivity contribution >= 4 is 23.1 Å². The summed E-state index contributed by atoms with van der Waals surface area (Å²) in [6.45, 7) is 9.27. The second kappa shape index (κ2) is 12.3. The van der Waals surface area contributed by atoms with Crippen LogP contribution in [-0.4, -0.2) is 64.6 Å². The molecular weight excluding hydrogens is 464 g/mol. The van der Waals surface area contributed by atoms with Gasteiger partial charge in [0.25, 0.3) is 5.56 Å². The molecule has 194 valence electrons. The molecule has 3 aromatic heterocycles. The summed E-state index contributed by atoms with van der Waals surface area (Å²) in [5.74, 6) is 0.659. The molecule has 0 saturated heterocycles. The highest BCUT2D eigenvalue weighted by atomic mass is 16.6. The van der Waals surface area contributed by atoms with Crippen LogP contribution in [0, 0.1) is 0 Å². The molecule has 0 atom stereocenters. The van der Waals surface area contributed by atoms with Crippen LogP contribution in [-0.2, 0) is 16.0 Å². The molecule has 11 heteroatoms. The number of pyridine rings is 2. The van der Waals surface area contributed by atoms with E-state index in [1.165, 1.54) is 0 Å². The van der Waals surface area contributed by atoms with E-state index in [0.717, 1.165) is 17.5 Å². The number of nitrogens with one attached hydrogen (secondary N) is 2. The van der Waals surface area contributed by atoms with Gasteiger partial charge in [0, 0.05) is 55.8 Å². The van der Waals surface area contributed by atoms with Crippen LogP contribution in [0.2, 0.25) is 0 Å². The van der Waals surface area contributed by atoms with Gasteiger partial charge in [0.05, 0.1) is 19.2 Å². The fourth-order valence-corrected chi connectivity index (χ4v) is 3.35. The highest BCUT2D eigenvalue weighted by Gasteiger charge is 2.16. The molecule has 2 N–H and O–H groups in total. The molecule has 0 fully saturated rings. The van der Waals surface area contributed by atoms with E-state index < -0.39 is 11.7 Å². The van der Waals surface area contributed by atoms with Crippen LogP contribution in [0.1, 0.15) is 34.1 Å². The second-order valence-corrected chi connectivity index (χ2v) is 9.04. The maximum absolute atomic E-state index is 13.3. The first-order chi connectivity index (χ1) is 17.2. The van der Waals surface area contributed by atoms with Crippen molar-refractivity contribution in [1.82, 2.24) is 24.8 Å². The number of fused-ring (bicyclic) bond motifs is 1. The lowest BCUT2D eigenvalue weighted by molar-refractivity contribution is 0.0530. The van der Waals surface area contributed by atoms with Crippen LogP contribution in [0.5, 0.6) is 5.88 Å². The lowest BCUT2D eigenvalue weighted by Gasteiger charge is -2.19. The van der Waals surface area contributed by atoms with Gasteiger partial charge in [-0.3, -0.25) is 9.36 Å². The molecule has 3 aromatic rings. The highest BCUT2D eigenvalue weighted by molar-refractivity contribution is 5.79. The van der Waals surface area contributed by atoms with Gasteiger partial charge in [-0.05, 0) is 39.3 Å². The number of nitrogens with zero attached hydrogens (tertiary/aromatic N) is 4. The van der Waals surface area contributed by atoms with E-state index in [9.17, 15) is 9.59 Å². The fourth-order valence-electron chi connectivity index (χ4n) is 3.35. The van der Waals surface area contributed by atoms with E-state index in [-0.39, 0.29) is 24.5 Å². The van der Waals surface area contributed by atoms with E-state index in [4.69, 9.17) is 14.2 Å². The Bertz CT molecular complexity index is 1220. The largest absolute Gasteiger partial charge is 0.481 e. The van der Waals surface area contributed by atoms with Gasteiger partial charge < -0.3 is 24.8 Å². The van der Waals surface area contributed by atoms with Crippen LogP contribution in [0.25, 0.3) is 22.3 Å². The van der Waals surface area contributed by atoms with Crippen molar-refractivity contribution in [1.29, 1.82) is 0 Å². The lowest BCUT2D eigenvalue weighted by Crippen LogP contribution is -2.36. The predicted molar refractivity (Wildman–Crippen MR) is 137 cm³/mol. The second-order valence-electron chi connectivity index (χ2n) is 9.04. The van der Waals surface area contributed by atoms with Gasteiger partial charge in [-0.15, -0.1) is 0 Å². The molecule has 0 aromatic carbocycles. The number of amides is 1. The van der Waals surface area contributed by atoms with E-state index >= 15 is 0 Å². The number of rotatable bonds is 11. The topological polar surface area (TPSA) is 129 Å². The first kappa shape index (κ1) is 26.9. The first-order valence-electron chi connectivity index (χ1n) is 11.9. The zero-order chi connectivity index (χ0) is 26.1. The lowest BCUT2D eigenvalue weighted by atomic mass is 10.1. The number of anilines is 1. The number of alkyl carbamates (subject to hydrolysis) is 1. The minimum absolute atomic E-state index is 0.148. The van der Waals surface area contributed by atoms with Crippen LogP contribution in [0.3, 0.4) is 0 Å². The van der Waals surface area contributed by atoms with Gasteiger partial charge in [-0.25, -0.2) is 19.7 Å². The Morgan fingerprint density at radius 1 is 1.08 bits per heavy atom. The Morgan fingerprint density at radius 2 is 1.86 bits per heavy atom. The van der Waals surface area contributed by atoms with E-state index in [1.807, 2.05) is 19.1 Å². The quantitative estimate of drug-likeness (QED) is 0.383. The van der Waals surface area contributed by atoms with Crippen molar-refractivity contribution < 1.29 is 19.0 Å². The highest BCUT2D eigenvalue weighted by Crippen LogP contribution is 2.23. The molecule has 11 nitrogen and oxygen atoms in total. The molecule has 3 heterocycles. The van der Waals surface area contributed by atoms with Crippen molar-refractivity contribution in [3.8, 4) is 17.0 Å². The van der Waals surface area contributed by atoms with Crippen molar-refractivity contribution in [3.63, 3.8) is 0 Å². The van der Waals surface area contributed by atoms with Gasteiger partial charge in [-0.1, -0.05) is 6.92 Å². The van der Waals surface area contributed by atoms with Crippen molar-refractivity contribution in [2.24, 2.45) is 0 Å². The number of carbonyl (C=O) groups is 1. The first-order valence-corrected chi connectivity index (χ1v) is 11.9. The smallest absolute Gasteiger partial charge is 0.407 e. The number of carbonyl (C=O) groups excluding carboxylic acids is 1. The summed E-state index contributed by atoms with van der Waals surface area (Å²) in [5, 5.41) is 5.66. The third-order valence-corrected chi connectivity index (χ3v) is 4.98. The summed E-state index contributed by atoms with van der Waals surface area (Å²) < 4.78 is 17.6. The van der Waals surface area contributed by atoms with E-state index in [0.29, 0.717) is 36.8 Å². The van der Waals surface area contributed by atoms with Gasteiger partial charge in [0.1, 0.15) is 5.60 Å². The van der Waals surface area contributed by atoms with Gasteiger partial charge in [0.15, 0.2) is 11.5 Å². The summed E-state index contributed by atoms with van der Waals surface area (Å²) in [5.41, 5.74) is 1.75. The van der Waals surface area contributed by atoms with E-state index in [2.05, 4.69) is 25.6 Å². The molecule has 3 rings (SSSR count). The summed E-state index contributed by atoms with van der Waals surface area (Å²) in [7, 11) is 1.56. The third kappa shape index (κ3) is 7.38. The Morgan fingerprint density at radius 3 is 2.53 bits per heavy atom. The maximum Gasteiger partial charge on any atom is 0.407 e. The van der Waals surface area contributed by atoms with Crippen molar-refractivity contribution in [2.45, 2.75) is 46.3 Å². The fraction of sp³-hybridized carbons (Fsp3) is 0.480. The third-order valence-electron chi connectivity index (χ3n) is 4.98. The zero-order valence-electron chi connectivity index (χ0n) is 21.5. The molecule has 0 saturated carbocycles. The minimum atomic E-state index is -0.586. The van der Waals surface area contributed by atoms with Crippen LogP contribution in [0.4, 0.5) is 10.6 Å². The molecule has 36 heavy (non-hydrogen) atoms. The maximum atomic E-state index is 13.3. The zero-order valence-corrected chi connectivity index (χ0v) is 21.5. The Hall–Kier alpha value is -3.73. The summed E-state index contributed by atoms with van der Waals surface area (Å²) in [4.78, 5) is 38.3. The van der Waals surface area contributed by atoms with Gasteiger partial charge >= 0.3 is 6.09 Å². The molecule has 0 aliphatic carbocycles. The summed E-state index contributed by atoms with van der Waals surface area (Å²) >= 11 is 0. The van der Waals surface area contributed by atoms with Gasteiger partial charge in [-0.2, -0.15) is 0 Å². The predicted octanol–water partition coefficient (Wildman–Crippen LogP) is 3.23. The molecule has 0 aliphatic rings. The summed E-state index contributed by atoms with van der Waals surface area (Å²) in [6, 6.07) is 5.51. The molecule has 0 bridgehead atoms. The molecular formula is C25H34N6O5. The standard InChI is InChI=1S/C25H34N6O5/c1-6-12-35-13-11-31-19-14-18(17-7-8-20(34-5)28-15-17)16-29-21(19)30-22(23(31)32)26-9-10-27-24(33)36-25(2,3)4/h7-8,14-16H,6,9-13H2,1-5H3,(H,27,33)(H,26,29,30). The minimum Gasteiger partial charge on any atom is -0.481 e. The van der Waals surface area contributed by atoms with Gasteiger partial charge in [0.2, 0.25) is 5.88 Å². The Labute approximate surface area is 210 Å². The van der Waals surface area contributed by atoms with Crippen LogP contribution < -0.4 is 20.9 Å². The Kier molecular flexibility index (Phi) is 9.18. The van der Waals surface area contributed by atoms with Crippen LogP contribution >= 0.6 is 0 Å². The van der Waals surface area contributed by atoms with Crippen molar-refractivity contribution in [2.75, 3.05) is 38.7 Å². The molecule has 0 unspecified atom stereocenters. The molecule has 1 amide bonds.